The van der Waals surface area contributed by atoms with Crippen LogP contribution in [-0.2, 0) is 4.79 Å². The SMILES string of the molecule is O=C([C@H]1CCCN1)N1CC(F)(F)C1. The van der Waals surface area contributed by atoms with Gasteiger partial charge in [0, 0.05) is 0 Å². The van der Waals surface area contributed by atoms with Crippen molar-refractivity contribution in [2.24, 2.45) is 0 Å². The fraction of sp³-hybridized carbons (Fsp3) is 0.875. The Morgan fingerprint density at radius 3 is 2.62 bits per heavy atom. The summed E-state index contributed by atoms with van der Waals surface area (Å²) in [6, 6.07) is -0.212. The summed E-state index contributed by atoms with van der Waals surface area (Å²) in [6.45, 7) is 0.0225. The highest BCUT2D eigenvalue weighted by Gasteiger charge is 2.47. The highest BCUT2D eigenvalue weighted by Crippen LogP contribution is 2.27. The van der Waals surface area contributed by atoms with Crippen molar-refractivity contribution in [3.8, 4) is 0 Å². The maximum absolute atomic E-state index is 12.4. The molecule has 2 heterocycles. The third-order valence-electron chi connectivity index (χ3n) is 2.51. The van der Waals surface area contributed by atoms with Gasteiger partial charge in [0.05, 0.1) is 19.1 Å². The summed E-state index contributed by atoms with van der Waals surface area (Å²) < 4.78 is 24.8. The lowest BCUT2D eigenvalue weighted by atomic mass is 10.1. The number of nitrogens with one attached hydrogen (secondary N) is 1. The van der Waals surface area contributed by atoms with Gasteiger partial charge in [0.25, 0.3) is 5.92 Å². The van der Waals surface area contributed by atoms with Crippen molar-refractivity contribution < 1.29 is 13.6 Å². The first-order chi connectivity index (χ1) is 6.08. The highest BCUT2D eigenvalue weighted by molar-refractivity contribution is 5.83. The van der Waals surface area contributed by atoms with Gasteiger partial charge in [-0.3, -0.25) is 4.79 Å². The highest BCUT2D eigenvalue weighted by atomic mass is 19.3. The van der Waals surface area contributed by atoms with Gasteiger partial charge in [-0.25, -0.2) is 8.78 Å². The van der Waals surface area contributed by atoms with Crippen LogP contribution >= 0.6 is 0 Å². The summed E-state index contributed by atoms with van der Waals surface area (Å²) in [5.74, 6) is -2.81. The minimum atomic E-state index is -2.64. The maximum Gasteiger partial charge on any atom is 0.282 e. The van der Waals surface area contributed by atoms with Gasteiger partial charge in [-0.2, -0.15) is 0 Å². The zero-order chi connectivity index (χ0) is 9.47. The molecule has 0 spiro atoms. The van der Waals surface area contributed by atoms with E-state index in [4.69, 9.17) is 0 Å². The second-order valence-corrected chi connectivity index (χ2v) is 3.70. The van der Waals surface area contributed by atoms with Crippen LogP contribution in [0.2, 0.25) is 0 Å². The van der Waals surface area contributed by atoms with Gasteiger partial charge in [-0.05, 0) is 19.4 Å². The molecule has 5 heteroatoms. The Hall–Kier alpha value is -0.710. The van der Waals surface area contributed by atoms with E-state index in [0.29, 0.717) is 0 Å². The van der Waals surface area contributed by atoms with Crippen LogP contribution < -0.4 is 5.32 Å². The molecular formula is C8H12F2N2O. The molecule has 1 atom stereocenters. The maximum atomic E-state index is 12.4. The van der Waals surface area contributed by atoms with Gasteiger partial charge in [0.15, 0.2) is 0 Å². The standard InChI is InChI=1S/C8H12F2N2O/c9-8(10)4-12(5-8)7(13)6-2-1-3-11-6/h6,11H,1-5H2/t6-/m1/s1. The van der Waals surface area contributed by atoms with E-state index in [-0.39, 0.29) is 11.9 Å². The average molecular weight is 190 g/mol. The third kappa shape index (κ3) is 1.65. The quantitative estimate of drug-likeness (QED) is 0.641. The molecule has 0 aromatic carbocycles. The van der Waals surface area contributed by atoms with Gasteiger partial charge in [-0.15, -0.1) is 0 Å². The molecule has 3 nitrogen and oxygen atoms in total. The monoisotopic (exact) mass is 190 g/mol. The predicted octanol–water partition coefficient (Wildman–Crippen LogP) is 0.216. The fourth-order valence-electron chi connectivity index (χ4n) is 1.78. The van der Waals surface area contributed by atoms with Gasteiger partial charge in [0.2, 0.25) is 5.91 Å². The summed E-state index contributed by atoms with van der Waals surface area (Å²) in [5, 5.41) is 3.00. The van der Waals surface area contributed by atoms with Crippen LogP contribution in [-0.4, -0.2) is 42.4 Å². The molecule has 0 saturated carbocycles. The molecule has 0 aromatic heterocycles. The number of likely N-dealkylation sites (tertiary alicyclic amines) is 1. The molecule has 0 unspecified atom stereocenters. The molecule has 0 bridgehead atoms. The van der Waals surface area contributed by atoms with Crippen LogP contribution in [0.25, 0.3) is 0 Å². The van der Waals surface area contributed by atoms with Crippen molar-refractivity contribution in [2.75, 3.05) is 19.6 Å². The second-order valence-electron chi connectivity index (χ2n) is 3.70. The number of amides is 1. The zero-order valence-corrected chi connectivity index (χ0v) is 7.22. The molecule has 1 amide bonds. The number of alkyl halides is 2. The summed E-state index contributed by atoms with van der Waals surface area (Å²) in [5.41, 5.74) is 0. The van der Waals surface area contributed by atoms with Crippen LogP contribution in [0.3, 0.4) is 0 Å². The minimum absolute atomic E-state index is 0.163. The summed E-state index contributed by atoms with van der Waals surface area (Å²) in [4.78, 5) is 12.7. The smallest absolute Gasteiger partial charge is 0.282 e. The normalized spacial score (nSPS) is 31.5. The molecule has 13 heavy (non-hydrogen) atoms. The summed E-state index contributed by atoms with van der Waals surface area (Å²) in [6.07, 6.45) is 1.74. The summed E-state index contributed by atoms with van der Waals surface area (Å²) >= 11 is 0. The fourth-order valence-corrected chi connectivity index (χ4v) is 1.78. The van der Waals surface area contributed by atoms with Crippen molar-refractivity contribution in [3.63, 3.8) is 0 Å². The van der Waals surface area contributed by atoms with E-state index in [0.717, 1.165) is 19.4 Å². The number of rotatable bonds is 1. The van der Waals surface area contributed by atoms with Crippen LogP contribution in [0.5, 0.6) is 0 Å². The minimum Gasteiger partial charge on any atom is -0.329 e. The number of carbonyl (C=O) groups is 1. The van der Waals surface area contributed by atoms with Crippen molar-refractivity contribution in [2.45, 2.75) is 24.8 Å². The zero-order valence-electron chi connectivity index (χ0n) is 7.22. The van der Waals surface area contributed by atoms with E-state index < -0.39 is 19.0 Å². The Kier molecular flexibility index (Phi) is 1.98. The lowest BCUT2D eigenvalue weighted by Gasteiger charge is -2.39. The Morgan fingerprint density at radius 2 is 2.15 bits per heavy atom. The first kappa shape index (κ1) is 8.87. The third-order valence-corrected chi connectivity index (χ3v) is 2.51. The van der Waals surface area contributed by atoms with Crippen LogP contribution in [0.4, 0.5) is 8.78 Å². The predicted molar refractivity (Wildman–Crippen MR) is 42.6 cm³/mol. The van der Waals surface area contributed by atoms with Crippen molar-refractivity contribution in [1.29, 1.82) is 0 Å². The first-order valence-electron chi connectivity index (χ1n) is 4.48. The lowest BCUT2D eigenvalue weighted by molar-refractivity contribution is -0.167. The molecule has 0 aliphatic carbocycles. The lowest BCUT2D eigenvalue weighted by Crippen LogP contribution is -2.61. The molecular weight excluding hydrogens is 178 g/mol. The molecule has 1 N–H and O–H groups in total. The van der Waals surface area contributed by atoms with E-state index in [1.807, 2.05) is 0 Å². The molecule has 2 aliphatic heterocycles. The van der Waals surface area contributed by atoms with Crippen molar-refractivity contribution in [1.82, 2.24) is 10.2 Å². The Balaban J connectivity index is 1.85. The first-order valence-corrected chi connectivity index (χ1v) is 4.48. The molecule has 0 aromatic rings. The molecule has 74 valence electrons. The van der Waals surface area contributed by atoms with E-state index in [1.54, 1.807) is 0 Å². The van der Waals surface area contributed by atoms with Gasteiger partial charge in [0.1, 0.15) is 0 Å². The summed E-state index contributed by atoms with van der Waals surface area (Å²) in [7, 11) is 0. The van der Waals surface area contributed by atoms with Crippen molar-refractivity contribution >= 4 is 5.91 Å². The van der Waals surface area contributed by atoms with E-state index in [1.165, 1.54) is 4.90 Å². The van der Waals surface area contributed by atoms with E-state index >= 15 is 0 Å². The number of hydrogen-bond acceptors (Lipinski definition) is 2. The van der Waals surface area contributed by atoms with Gasteiger partial charge < -0.3 is 10.2 Å². The average Bonchev–Trinajstić information content (AvgIpc) is 2.50. The van der Waals surface area contributed by atoms with Gasteiger partial charge in [-0.1, -0.05) is 0 Å². The topological polar surface area (TPSA) is 32.3 Å². The van der Waals surface area contributed by atoms with Crippen LogP contribution in [0.15, 0.2) is 0 Å². The molecule has 0 radical (unpaired) electrons. The van der Waals surface area contributed by atoms with E-state index in [2.05, 4.69) is 5.32 Å². The van der Waals surface area contributed by atoms with Gasteiger partial charge >= 0.3 is 0 Å². The Morgan fingerprint density at radius 1 is 1.46 bits per heavy atom. The number of nitrogens with zero attached hydrogens (tertiary/aromatic N) is 1. The van der Waals surface area contributed by atoms with Crippen molar-refractivity contribution in [3.05, 3.63) is 0 Å². The Labute approximate surface area is 75.1 Å². The Bertz CT molecular complexity index is 218. The second kappa shape index (κ2) is 2.90. The molecule has 2 rings (SSSR count). The number of halogens is 2. The molecule has 2 fully saturated rings. The number of hydrogen-bond donors (Lipinski definition) is 1. The van der Waals surface area contributed by atoms with Crippen LogP contribution in [0.1, 0.15) is 12.8 Å². The van der Waals surface area contributed by atoms with Crippen LogP contribution in [0, 0.1) is 0 Å². The number of carbonyl (C=O) groups excluding carboxylic acids is 1. The molecule has 2 aliphatic rings. The molecule has 2 saturated heterocycles. The van der Waals surface area contributed by atoms with E-state index in [9.17, 15) is 13.6 Å². The largest absolute Gasteiger partial charge is 0.329 e.